The minimum absolute atomic E-state index is 0.141. The van der Waals surface area contributed by atoms with Gasteiger partial charge in [-0.25, -0.2) is 0 Å². The van der Waals surface area contributed by atoms with E-state index in [9.17, 15) is 4.79 Å². The Balaban J connectivity index is 2.67. The summed E-state index contributed by atoms with van der Waals surface area (Å²) in [6, 6.07) is 3.27. The Hall–Kier alpha value is -1.06. The number of aliphatic hydroxyl groups is 1. The Morgan fingerprint density at radius 1 is 1.47 bits per heavy atom. The fourth-order valence-electron chi connectivity index (χ4n) is 1.66. The lowest BCUT2D eigenvalue weighted by molar-refractivity contribution is 0.0679. The van der Waals surface area contributed by atoms with Crippen LogP contribution in [0.3, 0.4) is 0 Å². The normalized spacial score (nSPS) is 17.5. The Morgan fingerprint density at radius 2 is 2.13 bits per heavy atom. The second-order valence-electron chi connectivity index (χ2n) is 4.01. The molecule has 0 saturated carbocycles. The van der Waals surface area contributed by atoms with Crippen LogP contribution in [-0.4, -0.2) is 16.5 Å². The summed E-state index contributed by atoms with van der Waals surface area (Å²) in [5.41, 5.74) is 0.0820. The van der Waals surface area contributed by atoms with Gasteiger partial charge in [0, 0.05) is 5.56 Å². The third-order valence-corrected chi connectivity index (χ3v) is 2.80. The number of carbonyl (C=O) groups excluding carboxylic acids is 1. The third kappa shape index (κ3) is 1.43. The van der Waals surface area contributed by atoms with E-state index in [2.05, 4.69) is 0 Å². The molecule has 1 aliphatic rings. The Labute approximate surface area is 92.6 Å². The van der Waals surface area contributed by atoms with Crippen molar-refractivity contribution in [2.24, 2.45) is 0 Å². The fourth-order valence-corrected chi connectivity index (χ4v) is 1.89. The molecule has 1 aromatic carbocycles. The molecule has 0 bridgehead atoms. The number of aliphatic hydroxyl groups excluding tert-OH is 1. The summed E-state index contributed by atoms with van der Waals surface area (Å²) >= 11 is 5.94. The van der Waals surface area contributed by atoms with Crippen molar-refractivity contribution in [2.75, 3.05) is 0 Å². The first-order chi connectivity index (χ1) is 6.97. The van der Waals surface area contributed by atoms with E-state index in [0.29, 0.717) is 21.9 Å². The van der Waals surface area contributed by atoms with Crippen LogP contribution in [0.2, 0.25) is 5.02 Å². The van der Waals surface area contributed by atoms with E-state index in [1.54, 1.807) is 26.0 Å². The van der Waals surface area contributed by atoms with Gasteiger partial charge in [0.05, 0.1) is 17.2 Å². The van der Waals surface area contributed by atoms with Crippen molar-refractivity contribution in [3.05, 3.63) is 28.3 Å². The monoisotopic (exact) mass is 226 g/mol. The molecule has 0 saturated heterocycles. The number of Topliss-reactive ketones (excluding diaryl/α,β-unsaturated/α-hetero) is 1. The maximum Gasteiger partial charge on any atom is 0.211 e. The van der Waals surface area contributed by atoms with E-state index in [1.807, 2.05) is 0 Å². The van der Waals surface area contributed by atoms with Crippen LogP contribution in [0, 0.1) is 0 Å². The highest BCUT2D eigenvalue weighted by atomic mass is 35.5. The van der Waals surface area contributed by atoms with E-state index in [4.69, 9.17) is 21.4 Å². The molecule has 0 aromatic heterocycles. The lowest BCUT2D eigenvalue weighted by Gasteiger charge is -2.15. The maximum atomic E-state index is 11.9. The summed E-state index contributed by atoms with van der Waals surface area (Å²) in [5, 5.41) is 9.49. The van der Waals surface area contributed by atoms with Crippen LogP contribution >= 0.6 is 11.6 Å². The van der Waals surface area contributed by atoms with Gasteiger partial charge in [-0.2, -0.15) is 0 Å². The second kappa shape index (κ2) is 3.22. The number of hydrogen-bond acceptors (Lipinski definition) is 3. The molecule has 4 heteroatoms. The number of ketones is 1. The van der Waals surface area contributed by atoms with Gasteiger partial charge in [-0.05, 0) is 19.9 Å². The summed E-state index contributed by atoms with van der Waals surface area (Å²) in [4.78, 5) is 11.9. The van der Waals surface area contributed by atoms with Crippen LogP contribution in [0.4, 0.5) is 0 Å². The van der Waals surface area contributed by atoms with Crippen molar-refractivity contribution >= 4 is 17.4 Å². The Morgan fingerprint density at radius 3 is 2.73 bits per heavy atom. The molecular formula is C11H11ClO3. The number of hydrogen-bond donors (Lipinski definition) is 1. The van der Waals surface area contributed by atoms with Gasteiger partial charge in [0.25, 0.3) is 0 Å². The average molecular weight is 227 g/mol. The van der Waals surface area contributed by atoms with Gasteiger partial charge >= 0.3 is 0 Å². The predicted molar refractivity (Wildman–Crippen MR) is 56.4 cm³/mol. The standard InChI is InChI=1S/C11H11ClO3/c1-11(2)10(14)8-7(12)4-3-6(5-13)9(8)15-11/h3-4,13H,5H2,1-2H3. The number of carbonyl (C=O) groups is 1. The molecule has 15 heavy (non-hydrogen) atoms. The SMILES string of the molecule is CC1(C)Oc2c(CO)ccc(Cl)c2C1=O. The number of benzene rings is 1. The summed E-state index contributed by atoms with van der Waals surface area (Å²) in [6.45, 7) is 3.21. The highest BCUT2D eigenvalue weighted by Gasteiger charge is 2.42. The predicted octanol–water partition coefficient (Wildman–Crippen LogP) is 2.19. The zero-order valence-corrected chi connectivity index (χ0v) is 9.26. The van der Waals surface area contributed by atoms with Gasteiger partial charge in [0.15, 0.2) is 5.60 Å². The first kappa shape index (κ1) is 10.5. The lowest BCUT2D eigenvalue weighted by atomic mass is 9.99. The maximum absolute atomic E-state index is 11.9. The van der Waals surface area contributed by atoms with Gasteiger partial charge in [-0.1, -0.05) is 17.7 Å². The van der Waals surface area contributed by atoms with E-state index < -0.39 is 5.60 Å². The van der Waals surface area contributed by atoms with Gasteiger partial charge in [-0.3, -0.25) is 4.79 Å². The number of halogens is 1. The van der Waals surface area contributed by atoms with E-state index in [1.165, 1.54) is 0 Å². The molecule has 1 N–H and O–H groups in total. The molecule has 3 nitrogen and oxygen atoms in total. The summed E-state index contributed by atoms with van der Waals surface area (Å²) < 4.78 is 5.52. The molecule has 80 valence electrons. The molecule has 0 fully saturated rings. The molecule has 1 aromatic rings. The van der Waals surface area contributed by atoms with Gasteiger partial charge in [0.2, 0.25) is 5.78 Å². The highest BCUT2D eigenvalue weighted by Crippen LogP contribution is 2.41. The van der Waals surface area contributed by atoms with Gasteiger partial charge < -0.3 is 9.84 Å². The highest BCUT2D eigenvalue weighted by molar-refractivity contribution is 6.35. The number of rotatable bonds is 1. The molecule has 0 amide bonds. The van der Waals surface area contributed by atoms with Crippen molar-refractivity contribution in [2.45, 2.75) is 26.1 Å². The summed E-state index contributed by atoms with van der Waals surface area (Å²) in [7, 11) is 0. The first-order valence-corrected chi connectivity index (χ1v) is 5.01. The smallest absolute Gasteiger partial charge is 0.211 e. The van der Waals surface area contributed by atoms with Crippen LogP contribution in [-0.2, 0) is 6.61 Å². The number of fused-ring (bicyclic) bond motifs is 1. The molecule has 1 aliphatic heterocycles. The summed E-state index contributed by atoms with van der Waals surface area (Å²) in [5.74, 6) is 0.276. The molecule has 0 unspecified atom stereocenters. The minimum Gasteiger partial charge on any atom is -0.478 e. The van der Waals surface area contributed by atoms with Crippen molar-refractivity contribution in [3.8, 4) is 5.75 Å². The Bertz CT molecular complexity index is 438. The second-order valence-corrected chi connectivity index (χ2v) is 4.42. The van der Waals surface area contributed by atoms with Gasteiger partial charge in [0.1, 0.15) is 5.75 Å². The van der Waals surface area contributed by atoms with Crippen LogP contribution in [0.5, 0.6) is 5.75 Å². The number of ether oxygens (including phenoxy) is 1. The fraction of sp³-hybridized carbons (Fsp3) is 0.364. The van der Waals surface area contributed by atoms with Gasteiger partial charge in [-0.15, -0.1) is 0 Å². The van der Waals surface area contributed by atoms with Crippen molar-refractivity contribution < 1.29 is 14.6 Å². The van der Waals surface area contributed by atoms with E-state index >= 15 is 0 Å². The summed E-state index contributed by atoms with van der Waals surface area (Å²) in [6.07, 6.45) is 0. The molecular weight excluding hydrogens is 216 g/mol. The zero-order chi connectivity index (χ0) is 11.2. The van der Waals surface area contributed by atoms with Crippen LogP contribution in [0.1, 0.15) is 29.8 Å². The third-order valence-electron chi connectivity index (χ3n) is 2.49. The minimum atomic E-state index is -0.892. The van der Waals surface area contributed by atoms with E-state index in [-0.39, 0.29) is 12.4 Å². The first-order valence-electron chi connectivity index (χ1n) is 4.63. The average Bonchev–Trinajstić information content (AvgIpc) is 2.40. The van der Waals surface area contributed by atoms with Crippen molar-refractivity contribution in [1.82, 2.24) is 0 Å². The molecule has 0 aliphatic carbocycles. The zero-order valence-electron chi connectivity index (χ0n) is 8.50. The quantitative estimate of drug-likeness (QED) is 0.799. The van der Waals surface area contributed by atoms with Crippen molar-refractivity contribution in [1.29, 1.82) is 0 Å². The Kier molecular flexibility index (Phi) is 2.24. The molecule has 0 spiro atoms. The molecule has 0 atom stereocenters. The van der Waals surface area contributed by atoms with Crippen molar-refractivity contribution in [3.63, 3.8) is 0 Å². The molecule has 1 heterocycles. The largest absolute Gasteiger partial charge is 0.478 e. The molecule has 2 rings (SSSR count). The van der Waals surface area contributed by atoms with Crippen LogP contribution in [0.15, 0.2) is 12.1 Å². The molecule has 0 radical (unpaired) electrons. The topological polar surface area (TPSA) is 46.5 Å². The lowest BCUT2D eigenvalue weighted by Crippen LogP contribution is -2.32. The van der Waals surface area contributed by atoms with Crippen LogP contribution < -0.4 is 4.74 Å². The van der Waals surface area contributed by atoms with E-state index in [0.717, 1.165) is 0 Å². The van der Waals surface area contributed by atoms with Crippen LogP contribution in [0.25, 0.3) is 0 Å².